The predicted molar refractivity (Wildman–Crippen MR) is 76.1 cm³/mol. The van der Waals surface area contributed by atoms with E-state index >= 15 is 0 Å². The van der Waals surface area contributed by atoms with Crippen molar-refractivity contribution in [3.05, 3.63) is 29.8 Å². The van der Waals surface area contributed by atoms with Crippen LogP contribution in [0.1, 0.15) is 18.9 Å². The molecule has 0 saturated heterocycles. The minimum Gasteiger partial charge on any atom is -0.396 e. The van der Waals surface area contributed by atoms with E-state index in [1.807, 2.05) is 23.1 Å². The lowest BCUT2D eigenvalue weighted by atomic mass is 10.1. The number of aliphatic hydroxyl groups is 1. The van der Waals surface area contributed by atoms with Gasteiger partial charge in [0.15, 0.2) is 0 Å². The van der Waals surface area contributed by atoms with Crippen LogP contribution in [0.3, 0.4) is 0 Å². The molecule has 4 heteroatoms. The van der Waals surface area contributed by atoms with Crippen LogP contribution in [0.4, 0.5) is 5.69 Å². The molecule has 1 aliphatic rings. The van der Waals surface area contributed by atoms with Gasteiger partial charge in [0, 0.05) is 18.3 Å². The number of hydrogen-bond donors (Lipinski definition) is 1. The molecular weight excluding hydrogens is 246 g/mol. The first-order valence-corrected chi connectivity index (χ1v) is 7.48. The van der Waals surface area contributed by atoms with Crippen molar-refractivity contribution in [2.45, 2.75) is 25.8 Å². The van der Waals surface area contributed by atoms with E-state index in [4.69, 9.17) is 5.11 Å². The zero-order valence-electron chi connectivity index (χ0n) is 10.6. The van der Waals surface area contributed by atoms with Crippen LogP contribution >= 0.6 is 11.8 Å². The normalized spacial score (nSPS) is 17.9. The summed E-state index contributed by atoms with van der Waals surface area (Å²) in [5.41, 5.74) is 2.33. The van der Waals surface area contributed by atoms with E-state index < -0.39 is 0 Å². The van der Waals surface area contributed by atoms with Crippen molar-refractivity contribution in [2.24, 2.45) is 0 Å². The number of carbonyl (C=O) groups excluding carboxylic acids is 1. The molecule has 1 N–H and O–H groups in total. The molecule has 1 aromatic carbocycles. The smallest absolute Gasteiger partial charge is 0.237 e. The molecule has 98 valence electrons. The number of para-hydroxylation sites is 1. The van der Waals surface area contributed by atoms with Gasteiger partial charge in [-0.15, -0.1) is 0 Å². The van der Waals surface area contributed by atoms with Crippen molar-refractivity contribution in [3.8, 4) is 0 Å². The molecule has 1 unspecified atom stereocenters. The molecule has 1 heterocycles. The molecule has 3 nitrogen and oxygen atoms in total. The van der Waals surface area contributed by atoms with Crippen LogP contribution < -0.4 is 4.90 Å². The summed E-state index contributed by atoms with van der Waals surface area (Å²) in [5, 5.41) is 8.71. The summed E-state index contributed by atoms with van der Waals surface area (Å²) in [6.45, 7) is 2.29. The highest BCUT2D eigenvalue weighted by atomic mass is 32.2. The van der Waals surface area contributed by atoms with Crippen LogP contribution in [-0.4, -0.2) is 35.2 Å². The van der Waals surface area contributed by atoms with Crippen molar-refractivity contribution < 1.29 is 9.90 Å². The largest absolute Gasteiger partial charge is 0.396 e. The maximum atomic E-state index is 12.2. The van der Waals surface area contributed by atoms with Crippen molar-refractivity contribution in [3.63, 3.8) is 0 Å². The monoisotopic (exact) mass is 265 g/mol. The first-order valence-electron chi connectivity index (χ1n) is 6.32. The van der Waals surface area contributed by atoms with Crippen molar-refractivity contribution in [2.75, 3.05) is 23.0 Å². The van der Waals surface area contributed by atoms with E-state index in [1.54, 1.807) is 11.8 Å². The lowest BCUT2D eigenvalue weighted by Gasteiger charge is -2.22. The number of nitrogens with zero attached hydrogens (tertiary/aromatic N) is 1. The number of rotatable bonds is 5. The molecular formula is C14H19NO2S. The van der Waals surface area contributed by atoms with E-state index in [-0.39, 0.29) is 18.6 Å². The molecule has 0 spiro atoms. The average Bonchev–Trinajstić information content (AvgIpc) is 2.70. The maximum absolute atomic E-state index is 12.2. The van der Waals surface area contributed by atoms with E-state index in [2.05, 4.69) is 13.0 Å². The van der Waals surface area contributed by atoms with Gasteiger partial charge in [0.05, 0.1) is 5.75 Å². The Kier molecular flexibility index (Phi) is 4.66. The van der Waals surface area contributed by atoms with Crippen LogP contribution in [0.2, 0.25) is 0 Å². The average molecular weight is 265 g/mol. The molecule has 18 heavy (non-hydrogen) atoms. The van der Waals surface area contributed by atoms with E-state index in [0.29, 0.717) is 5.75 Å². The van der Waals surface area contributed by atoms with Gasteiger partial charge in [0.25, 0.3) is 0 Å². The number of fused-ring (bicyclic) bond motifs is 1. The first-order chi connectivity index (χ1) is 8.74. The van der Waals surface area contributed by atoms with Gasteiger partial charge in [0.1, 0.15) is 0 Å². The SMILES string of the molecule is CC1Cc2ccccc2N1C(=O)CSCCCO. The Hall–Kier alpha value is -1.000. The van der Waals surface area contributed by atoms with E-state index in [9.17, 15) is 4.79 Å². The fourth-order valence-corrected chi connectivity index (χ4v) is 3.13. The van der Waals surface area contributed by atoms with Gasteiger partial charge in [-0.1, -0.05) is 18.2 Å². The highest BCUT2D eigenvalue weighted by molar-refractivity contribution is 7.99. The molecule has 0 fully saturated rings. The Morgan fingerprint density at radius 3 is 3.06 bits per heavy atom. The fourth-order valence-electron chi connectivity index (χ4n) is 2.34. The van der Waals surface area contributed by atoms with E-state index in [1.165, 1.54) is 5.56 Å². The van der Waals surface area contributed by atoms with Crippen LogP contribution in [0, 0.1) is 0 Å². The lowest BCUT2D eigenvalue weighted by Crippen LogP contribution is -2.37. The molecule has 0 aromatic heterocycles. The zero-order chi connectivity index (χ0) is 13.0. The zero-order valence-corrected chi connectivity index (χ0v) is 11.4. The molecule has 0 aliphatic carbocycles. The number of aliphatic hydroxyl groups excluding tert-OH is 1. The van der Waals surface area contributed by atoms with Crippen LogP contribution in [-0.2, 0) is 11.2 Å². The highest BCUT2D eigenvalue weighted by Crippen LogP contribution is 2.32. The fraction of sp³-hybridized carbons (Fsp3) is 0.500. The molecule has 0 radical (unpaired) electrons. The van der Waals surface area contributed by atoms with Crippen LogP contribution in [0.15, 0.2) is 24.3 Å². The summed E-state index contributed by atoms with van der Waals surface area (Å²) < 4.78 is 0. The first kappa shape index (κ1) is 13.4. The number of carbonyl (C=O) groups is 1. The minimum absolute atomic E-state index is 0.176. The third-order valence-electron chi connectivity index (χ3n) is 3.15. The topological polar surface area (TPSA) is 40.5 Å². The van der Waals surface area contributed by atoms with Crippen molar-refractivity contribution in [1.29, 1.82) is 0 Å². The Balaban J connectivity index is 1.98. The van der Waals surface area contributed by atoms with Crippen molar-refractivity contribution in [1.82, 2.24) is 0 Å². The second-order valence-electron chi connectivity index (χ2n) is 4.58. The third kappa shape index (κ3) is 2.87. The molecule has 1 aliphatic heterocycles. The second-order valence-corrected chi connectivity index (χ2v) is 5.68. The van der Waals surface area contributed by atoms with Crippen LogP contribution in [0.25, 0.3) is 0 Å². The molecule has 2 rings (SSSR count). The number of thioether (sulfide) groups is 1. The number of hydrogen-bond acceptors (Lipinski definition) is 3. The van der Waals surface area contributed by atoms with Gasteiger partial charge in [-0.25, -0.2) is 0 Å². The lowest BCUT2D eigenvalue weighted by molar-refractivity contribution is -0.116. The maximum Gasteiger partial charge on any atom is 0.237 e. The van der Waals surface area contributed by atoms with Gasteiger partial charge in [0.2, 0.25) is 5.91 Å². The van der Waals surface area contributed by atoms with Gasteiger partial charge in [-0.2, -0.15) is 11.8 Å². The third-order valence-corrected chi connectivity index (χ3v) is 4.18. The Morgan fingerprint density at radius 2 is 2.28 bits per heavy atom. The van der Waals surface area contributed by atoms with Gasteiger partial charge >= 0.3 is 0 Å². The summed E-state index contributed by atoms with van der Waals surface area (Å²) in [5.74, 6) is 1.51. The quantitative estimate of drug-likeness (QED) is 0.829. The number of benzene rings is 1. The van der Waals surface area contributed by atoms with Gasteiger partial charge in [-0.05, 0) is 37.1 Å². The van der Waals surface area contributed by atoms with Crippen molar-refractivity contribution >= 4 is 23.4 Å². The van der Waals surface area contributed by atoms with Gasteiger partial charge in [-0.3, -0.25) is 4.79 Å². The van der Waals surface area contributed by atoms with Gasteiger partial charge < -0.3 is 10.0 Å². The number of anilines is 1. The summed E-state index contributed by atoms with van der Waals surface area (Å²) >= 11 is 1.60. The molecule has 0 bridgehead atoms. The predicted octanol–water partition coefficient (Wildman–Crippen LogP) is 2.08. The summed E-state index contributed by atoms with van der Waals surface area (Å²) in [6, 6.07) is 8.38. The molecule has 1 amide bonds. The Bertz CT molecular complexity index is 422. The summed E-state index contributed by atoms with van der Waals surface area (Å²) in [7, 11) is 0. The standard InChI is InChI=1S/C14H19NO2S/c1-11-9-12-5-2-3-6-13(12)15(11)14(17)10-18-8-4-7-16/h2-3,5-6,11,16H,4,7-10H2,1H3. The highest BCUT2D eigenvalue weighted by Gasteiger charge is 2.29. The Labute approximate surface area is 112 Å². The Morgan fingerprint density at radius 1 is 1.50 bits per heavy atom. The molecule has 1 aromatic rings. The minimum atomic E-state index is 0.176. The van der Waals surface area contributed by atoms with Crippen LogP contribution in [0.5, 0.6) is 0 Å². The summed E-state index contributed by atoms with van der Waals surface area (Å²) in [4.78, 5) is 14.1. The second kappa shape index (κ2) is 6.25. The number of amides is 1. The van der Waals surface area contributed by atoms with E-state index in [0.717, 1.165) is 24.3 Å². The molecule has 0 saturated carbocycles. The molecule has 1 atom stereocenters. The summed E-state index contributed by atoms with van der Waals surface area (Å²) in [6.07, 6.45) is 1.70.